The zero-order valence-corrected chi connectivity index (χ0v) is 16.6. The highest BCUT2D eigenvalue weighted by molar-refractivity contribution is 5.28. The van der Waals surface area contributed by atoms with E-state index in [0.29, 0.717) is 26.4 Å². The van der Waals surface area contributed by atoms with E-state index in [1.54, 1.807) is 0 Å². The van der Waals surface area contributed by atoms with Crippen LogP contribution in [0.1, 0.15) is 25.0 Å². The van der Waals surface area contributed by atoms with Crippen molar-refractivity contribution in [3.8, 4) is 11.5 Å². The van der Waals surface area contributed by atoms with Gasteiger partial charge in [-0.25, -0.2) is 0 Å². The fourth-order valence-corrected chi connectivity index (χ4v) is 2.48. The van der Waals surface area contributed by atoms with Crippen LogP contribution in [0.4, 0.5) is 0 Å². The lowest BCUT2D eigenvalue weighted by atomic mass is 10.2. The van der Waals surface area contributed by atoms with Gasteiger partial charge in [0.15, 0.2) is 12.6 Å². The third kappa shape index (κ3) is 8.91. The molecule has 0 N–H and O–H groups in total. The molecule has 0 aliphatic carbocycles. The molecule has 0 aliphatic heterocycles. The second kappa shape index (κ2) is 11.6. The Morgan fingerprint density at radius 3 is 1.52 bits per heavy atom. The van der Waals surface area contributed by atoms with E-state index in [1.807, 2.05) is 76.2 Å². The normalized spacial score (nSPS) is 13.2. The van der Waals surface area contributed by atoms with E-state index < -0.39 is 0 Å². The van der Waals surface area contributed by atoms with Crippen molar-refractivity contribution in [2.24, 2.45) is 0 Å². The maximum absolute atomic E-state index is 5.70. The highest BCUT2D eigenvalue weighted by Crippen LogP contribution is 2.15. The van der Waals surface area contributed by atoms with Crippen LogP contribution in [0.3, 0.4) is 0 Å². The summed E-state index contributed by atoms with van der Waals surface area (Å²) in [6.07, 6.45) is -0.649. The van der Waals surface area contributed by atoms with Crippen molar-refractivity contribution in [3.05, 3.63) is 59.7 Å². The maximum atomic E-state index is 5.70. The van der Waals surface area contributed by atoms with E-state index in [2.05, 4.69) is 0 Å². The lowest BCUT2D eigenvalue weighted by Crippen LogP contribution is -2.21. The topological polar surface area (TPSA) is 46.2 Å². The molecule has 0 radical (unpaired) electrons. The summed E-state index contributed by atoms with van der Waals surface area (Å²) in [4.78, 5) is 0. The highest BCUT2D eigenvalue weighted by Gasteiger charge is 2.05. The molecule has 0 aliphatic rings. The summed E-state index contributed by atoms with van der Waals surface area (Å²) in [6, 6.07) is 15.8. The molecule has 2 aromatic rings. The van der Waals surface area contributed by atoms with Gasteiger partial charge in [0.05, 0.1) is 26.4 Å². The fourth-order valence-electron chi connectivity index (χ4n) is 2.48. The largest absolute Gasteiger partial charge is 0.465 e. The molecular formula is C22H30O5. The van der Waals surface area contributed by atoms with Crippen molar-refractivity contribution in [1.82, 2.24) is 0 Å². The monoisotopic (exact) mass is 374 g/mol. The van der Waals surface area contributed by atoms with E-state index >= 15 is 0 Å². The molecule has 27 heavy (non-hydrogen) atoms. The number of aryl methyl sites for hydroxylation is 2. The number of hydrogen-bond acceptors (Lipinski definition) is 5. The Balaban J connectivity index is 1.49. The summed E-state index contributed by atoms with van der Waals surface area (Å²) in [5, 5.41) is 0. The molecule has 0 saturated carbocycles. The van der Waals surface area contributed by atoms with Crippen LogP contribution in [0.15, 0.2) is 48.5 Å². The van der Waals surface area contributed by atoms with Crippen LogP contribution in [-0.4, -0.2) is 39.0 Å². The van der Waals surface area contributed by atoms with E-state index in [4.69, 9.17) is 23.7 Å². The molecule has 0 bridgehead atoms. The van der Waals surface area contributed by atoms with E-state index in [1.165, 1.54) is 0 Å². The minimum atomic E-state index is -0.325. The van der Waals surface area contributed by atoms with Crippen LogP contribution in [0.25, 0.3) is 0 Å². The van der Waals surface area contributed by atoms with Crippen LogP contribution in [-0.2, 0) is 14.2 Å². The van der Waals surface area contributed by atoms with Gasteiger partial charge in [0, 0.05) is 0 Å². The summed E-state index contributed by atoms with van der Waals surface area (Å²) >= 11 is 0. The Morgan fingerprint density at radius 1 is 0.667 bits per heavy atom. The van der Waals surface area contributed by atoms with Gasteiger partial charge in [-0.2, -0.15) is 0 Å². The molecular weight excluding hydrogens is 344 g/mol. The van der Waals surface area contributed by atoms with Crippen molar-refractivity contribution in [3.63, 3.8) is 0 Å². The molecule has 0 spiro atoms. The first-order valence-electron chi connectivity index (χ1n) is 9.30. The van der Waals surface area contributed by atoms with Crippen molar-refractivity contribution in [2.45, 2.75) is 40.3 Å². The Kier molecular flexibility index (Phi) is 9.11. The third-order valence-corrected chi connectivity index (χ3v) is 3.74. The van der Waals surface area contributed by atoms with Crippen molar-refractivity contribution >= 4 is 0 Å². The molecule has 5 heteroatoms. The van der Waals surface area contributed by atoms with Gasteiger partial charge >= 0.3 is 0 Å². The van der Waals surface area contributed by atoms with Gasteiger partial charge < -0.3 is 23.7 Å². The van der Waals surface area contributed by atoms with Gasteiger partial charge in [0.1, 0.15) is 11.5 Å². The van der Waals surface area contributed by atoms with Gasteiger partial charge in [-0.1, -0.05) is 24.3 Å². The minimum Gasteiger partial charge on any atom is -0.465 e. The molecule has 148 valence electrons. The first kappa shape index (κ1) is 21.2. The summed E-state index contributed by atoms with van der Waals surface area (Å²) in [7, 11) is 0. The third-order valence-electron chi connectivity index (χ3n) is 3.74. The van der Waals surface area contributed by atoms with Gasteiger partial charge in [-0.15, -0.1) is 0 Å². The SMILES string of the molecule is Cc1cccc(OC(C)OCCOCCOC(C)Oc2cccc(C)c2)c1. The highest BCUT2D eigenvalue weighted by atomic mass is 16.7. The zero-order chi connectivity index (χ0) is 19.5. The molecule has 0 aromatic heterocycles. The second-order valence-electron chi connectivity index (χ2n) is 6.36. The Hall–Kier alpha value is -2.08. The first-order valence-corrected chi connectivity index (χ1v) is 9.30. The average Bonchev–Trinajstić information content (AvgIpc) is 2.61. The average molecular weight is 374 g/mol. The summed E-state index contributed by atoms with van der Waals surface area (Å²) in [5.41, 5.74) is 2.31. The lowest BCUT2D eigenvalue weighted by Gasteiger charge is -2.17. The van der Waals surface area contributed by atoms with Crippen molar-refractivity contribution in [2.75, 3.05) is 26.4 Å². The number of hydrogen-bond donors (Lipinski definition) is 0. The minimum absolute atomic E-state index is 0.325. The van der Waals surface area contributed by atoms with Gasteiger partial charge in [-0.3, -0.25) is 0 Å². The molecule has 2 rings (SSSR count). The van der Waals surface area contributed by atoms with Gasteiger partial charge in [-0.05, 0) is 63.1 Å². The molecule has 2 unspecified atom stereocenters. The van der Waals surface area contributed by atoms with Crippen molar-refractivity contribution < 1.29 is 23.7 Å². The molecule has 2 atom stereocenters. The second-order valence-corrected chi connectivity index (χ2v) is 6.36. The summed E-state index contributed by atoms with van der Waals surface area (Å²) in [5.74, 6) is 1.61. The maximum Gasteiger partial charge on any atom is 0.197 e. The quantitative estimate of drug-likeness (QED) is 0.404. The van der Waals surface area contributed by atoms with Crippen LogP contribution < -0.4 is 9.47 Å². The van der Waals surface area contributed by atoms with E-state index in [-0.39, 0.29) is 12.6 Å². The standard InChI is InChI=1S/C22H30O5/c1-17-7-5-9-21(15-17)26-19(3)24-13-11-23-12-14-25-20(4)27-22-10-6-8-18(2)16-22/h5-10,15-16,19-20H,11-14H2,1-4H3. The molecule has 2 aromatic carbocycles. The number of benzene rings is 2. The number of ether oxygens (including phenoxy) is 5. The Morgan fingerprint density at radius 2 is 1.11 bits per heavy atom. The molecule has 0 amide bonds. The summed E-state index contributed by atoms with van der Waals surface area (Å²) < 4.78 is 28.1. The lowest BCUT2D eigenvalue weighted by molar-refractivity contribution is -0.102. The first-order chi connectivity index (χ1) is 13.0. The van der Waals surface area contributed by atoms with E-state index in [9.17, 15) is 0 Å². The predicted octanol–water partition coefficient (Wildman–Crippen LogP) is 4.50. The fraction of sp³-hybridized carbons (Fsp3) is 0.455. The van der Waals surface area contributed by atoms with E-state index in [0.717, 1.165) is 22.6 Å². The summed E-state index contributed by atoms with van der Waals surface area (Å²) in [6.45, 7) is 9.69. The van der Waals surface area contributed by atoms with Crippen LogP contribution in [0.5, 0.6) is 11.5 Å². The van der Waals surface area contributed by atoms with Gasteiger partial charge in [0.2, 0.25) is 0 Å². The number of rotatable bonds is 12. The van der Waals surface area contributed by atoms with Crippen LogP contribution >= 0.6 is 0 Å². The molecule has 5 nitrogen and oxygen atoms in total. The predicted molar refractivity (Wildman–Crippen MR) is 105 cm³/mol. The van der Waals surface area contributed by atoms with Crippen LogP contribution in [0, 0.1) is 13.8 Å². The smallest absolute Gasteiger partial charge is 0.197 e. The molecule has 0 fully saturated rings. The Bertz CT molecular complexity index is 616. The van der Waals surface area contributed by atoms with Crippen LogP contribution in [0.2, 0.25) is 0 Å². The molecule has 0 heterocycles. The Labute approximate surface area is 162 Å². The molecule has 0 saturated heterocycles. The zero-order valence-electron chi connectivity index (χ0n) is 16.6. The van der Waals surface area contributed by atoms with Crippen molar-refractivity contribution in [1.29, 1.82) is 0 Å². The van der Waals surface area contributed by atoms with Gasteiger partial charge in [0.25, 0.3) is 0 Å².